The van der Waals surface area contributed by atoms with Crippen molar-refractivity contribution in [1.82, 2.24) is 15.1 Å². The van der Waals surface area contributed by atoms with Crippen molar-refractivity contribution in [2.24, 2.45) is 0 Å². The Kier molecular flexibility index (Phi) is 3.46. The van der Waals surface area contributed by atoms with Crippen molar-refractivity contribution in [2.75, 3.05) is 12.4 Å². The molecule has 4 aromatic rings. The molecule has 0 aliphatic heterocycles. The fourth-order valence-corrected chi connectivity index (χ4v) is 3.56. The molecule has 0 saturated heterocycles. The second-order valence-corrected chi connectivity index (χ2v) is 6.42. The predicted octanol–water partition coefficient (Wildman–Crippen LogP) is 3.58. The molecule has 27 heavy (non-hydrogen) atoms. The highest BCUT2D eigenvalue weighted by Gasteiger charge is 2.28. The zero-order valence-corrected chi connectivity index (χ0v) is 14.6. The molecule has 1 aliphatic carbocycles. The summed E-state index contributed by atoms with van der Waals surface area (Å²) in [6.45, 7) is 0. The van der Waals surface area contributed by atoms with Gasteiger partial charge >= 0.3 is 0 Å². The average Bonchev–Trinajstić information content (AvgIpc) is 3.35. The van der Waals surface area contributed by atoms with E-state index in [9.17, 15) is 4.79 Å². The molecule has 134 valence electrons. The summed E-state index contributed by atoms with van der Waals surface area (Å²) < 4.78 is 10.8. The minimum Gasteiger partial charge on any atom is -0.497 e. The van der Waals surface area contributed by atoms with Crippen molar-refractivity contribution in [3.8, 4) is 17.1 Å². The highest BCUT2D eigenvalue weighted by Crippen LogP contribution is 2.37. The Labute approximate surface area is 154 Å². The zero-order chi connectivity index (χ0) is 18.4. The molecule has 2 heterocycles. The Morgan fingerprint density at radius 1 is 1.26 bits per heavy atom. The molecule has 2 N–H and O–H groups in total. The summed E-state index contributed by atoms with van der Waals surface area (Å²) in [6, 6.07) is 11.4. The molecule has 1 amide bonds. The van der Waals surface area contributed by atoms with E-state index in [4.69, 9.17) is 9.26 Å². The maximum absolute atomic E-state index is 12.8. The molecule has 2 aromatic heterocycles. The number of amides is 1. The lowest BCUT2D eigenvalue weighted by Gasteiger charge is -2.15. The first kappa shape index (κ1) is 15.6. The third kappa shape index (κ3) is 2.47. The molecule has 0 fully saturated rings. The monoisotopic (exact) mass is 360 g/mol. The number of aromatic amines is 1. The van der Waals surface area contributed by atoms with Crippen LogP contribution in [-0.4, -0.2) is 28.1 Å². The van der Waals surface area contributed by atoms with Crippen LogP contribution in [0, 0.1) is 0 Å². The van der Waals surface area contributed by atoms with E-state index in [1.165, 1.54) is 0 Å². The fraction of sp³-hybridized carbons (Fsp3) is 0.150. The molecule has 1 aliphatic rings. The van der Waals surface area contributed by atoms with E-state index in [0.29, 0.717) is 29.1 Å². The van der Waals surface area contributed by atoms with E-state index in [1.54, 1.807) is 13.4 Å². The zero-order valence-electron chi connectivity index (χ0n) is 14.6. The Hall–Kier alpha value is -3.61. The largest absolute Gasteiger partial charge is 0.497 e. The van der Waals surface area contributed by atoms with E-state index in [0.717, 1.165) is 34.4 Å². The van der Waals surface area contributed by atoms with Crippen molar-refractivity contribution in [3.63, 3.8) is 0 Å². The number of carbonyl (C=O) groups is 1. The van der Waals surface area contributed by atoms with Gasteiger partial charge in [-0.15, -0.1) is 0 Å². The molecule has 7 nitrogen and oxygen atoms in total. The van der Waals surface area contributed by atoms with Crippen LogP contribution in [0.15, 0.2) is 47.2 Å². The van der Waals surface area contributed by atoms with E-state index >= 15 is 0 Å². The minimum absolute atomic E-state index is 0.299. The number of H-pyrrole nitrogens is 1. The Morgan fingerprint density at radius 3 is 3.07 bits per heavy atom. The number of aromatic nitrogens is 3. The number of nitrogens with one attached hydrogen (secondary N) is 2. The molecule has 0 bridgehead atoms. The van der Waals surface area contributed by atoms with Crippen molar-refractivity contribution in [2.45, 2.75) is 12.8 Å². The van der Waals surface area contributed by atoms with Gasteiger partial charge in [0.1, 0.15) is 11.3 Å². The van der Waals surface area contributed by atoms with Gasteiger partial charge in [0.05, 0.1) is 24.6 Å². The Bertz CT molecular complexity index is 1180. The number of fused-ring (bicyclic) bond motifs is 4. The molecule has 0 saturated carbocycles. The van der Waals surface area contributed by atoms with Gasteiger partial charge in [0.25, 0.3) is 5.91 Å². The van der Waals surface area contributed by atoms with Gasteiger partial charge in [0.15, 0.2) is 11.5 Å². The summed E-state index contributed by atoms with van der Waals surface area (Å²) in [5, 5.41) is 6.96. The number of anilines is 1. The molecule has 0 spiro atoms. The first-order valence-electron chi connectivity index (χ1n) is 8.64. The van der Waals surface area contributed by atoms with Gasteiger partial charge in [0.2, 0.25) is 0 Å². The standard InChI is InChI=1S/C20H16N4O3/c1-26-12-6-8-13-11(9-12)5-7-14-17(24-27-19(13)14)20(25)23-16-4-2-3-15-18(16)22-10-21-15/h2-4,6,8-10H,5,7H2,1H3,(H,21,22)(H,23,25). The summed E-state index contributed by atoms with van der Waals surface area (Å²) >= 11 is 0. The molecule has 0 unspecified atom stereocenters. The van der Waals surface area contributed by atoms with Gasteiger partial charge in [-0.05, 0) is 48.7 Å². The van der Waals surface area contributed by atoms with Gasteiger partial charge in [-0.25, -0.2) is 4.98 Å². The van der Waals surface area contributed by atoms with Crippen LogP contribution < -0.4 is 10.1 Å². The number of ether oxygens (including phenoxy) is 1. The quantitative estimate of drug-likeness (QED) is 0.582. The minimum atomic E-state index is -0.299. The number of aryl methyl sites for hydroxylation is 1. The number of para-hydroxylation sites is 1. The number of methoxy groups -OCH3 is 1. The lowest BCUT2D eigenvalue weighted by Crippen LogP contribution is -2.16. The van der Waals surface area contributed by atoms with Gasteiger partial charge in [-0.2, -0.15) is 0 Å². The van der Waals surface area contributed by atoms with E-state index in [1.807, 2.05) is 36.4 Å². The van der Waals surface area contributed by atoms with Crippen molar-refractivity contribution < 1.29 is 14.1 Å². The van der Waals surface area contributed by atoms with E-state index in [-0.39, 0.29) is 5.91 Å². The van der Waals surface area contributed by atoms with Crippen LogP contribution in [0.1, 0.15) is 21.6 Å². The summed E-state index contributed by atoms with van der Waals surface area (Å²) in [5.74, 6) is 1.16. The number of hydrogen-bond donors (Lipinski definition) is 2. The van der Waals surface area contributed by atoms with Crippen LogP contribution in [0.4, 0.5) is 5.69 Å². The third-order valence-corrected chi connectivity index (χ3v) is 4.90. The first-order valence-corrected chi connectivity index (χ1v) is 8.64. The number of nitrogens with zero attached hydrogens (tertiary/aromatic N) is 2. The normalized spacial score (nSPS) is 12.5. The molecular formula is C20H16N4O3. The van der Waals surface area contributed by atoms with Gasteiger partial charge in [-0.1, -0.05) is 11.2 Å². The predicted molar refractivity (Wildman–Crippen MR) is 99.9 cm³/mol. The summed E-state index contributed by atoms with van der Waals surface area (Å²) in [5.41, 5.74) is 5.44. The maximum atomic E-state index is 12.8. The molecule has 0 atom stereocenters. The lowest BCUT2D eigenvalue weighted by molar-refractivity contribution is 0.101. The van der Waals surface area contributed by atoms with Crippen LogP contribution in [0.5, 0.6) is 5.75 Å². The number of rotatable bonds is 3. The van der Waals surface area contributed by atoms with E-state index in [2.05, 4.69) is 20.4 Å². The molecule has 7 heteroatoms. The van der Waals surface area contributed by atoms with Crippen LogP contribution in [-0.2, 0) is 12.8 Å². The van der Waals surface area contributed by atoms with E-state index < -0.39 is 0 Å². The second kappa shape index (κ2) is 5.98. The van der Waals surface area contributed by atoms with Crippen molar-refractivity contribution in [1.29, 1.82) is 0 Å². The first-order chi connectivity index (χ1) is 13.2. The van der Waals surface area contributed by atoms with Crippen molar-refractivity contribution >= 4 is 22.6 Å². The smallest absolute Gasteiger partial charge is 0.278 e. The third-order valence-electron chi connectivity index (χ3n) is 4.90. The Balaban J connectivity index is 1.50. The van der Waals surface area contributed by atoms with Crippen LogP contribution in [0.3, 0.4) is 0 Å². The number of hydrogen-bond acceptors (Lipinski definition) is 5. The molecular weight excluding hydrogens is 344 g/mol. The number of benzene rings is 2. The average molecular weight is 360 g/mol. The molecule has 0 radical (unpaired) electrons. The molecule has 5 rings (SSSR count). The summed E-state index contributed by atoms with van der Waals surface area (Å²) in [4.78, 5) is 20.1. The number of carbonyl (C=O) groups excluding carboxylic acids is 1. The van der Waals surface area contributed by atoms with Crippen LogP contribution in [0.25, 0.3) is 22.4 Å². The van der Waals surface area contributed by atoms with Crippen LogP contribution in [0.2, 0.25) is 0 Å². The lowest BCUT2D eigenvalue weighted by atomic mass is 9.89. The highest BCUT2D eigenvalue weighted by atomic mass is 16.5. The Morgan fingerprint density at radius 2 is 2.19 bits per heavy atom. The van der Waals surface area contributed by atoms with Gasteiger partial charge in [0, 0.05) is 11.1 Å². The summed E-state index contributed by atoms with van der Waals surface area (Å²) in [7, 11) is 1.65. The SMILES string of the molecule is COc1ccc2c(c1)CCc1c(C(=O)Nc3cccc4[nH]cnc34)noc1-2. The highest BCUT2D eigenvalue weighted by molar-refractivity contribution is 6.08. The van der Waals surface area contributed by atoms with Gasteiger partial charge < -0.3 is 19.6 Å². The number of imidazole rings is 1. The summed E-state index contributed by atoms with van der Waals surface area (Å²) in [6.07, 6.45) is 3.09. The van der Waals surface area contributed by atoms with Crippen LogP contribution >= 0.6 is 0 Å². The maximum Gasteiger partial charge on any atom is 0.278 e. The molecule has 2 aromatic carbocycles. The van der Waals surface area contributed by atoms with Gasteiger partial charge in [-0.3, -0.25) is 4.79 Å². The van der Waals surface area contributed by atoms with Crippen molar-refractivity contribution in [3.05, 3.63) is 59.5 Å². The second-order valence-electron chi connectivity index (χ2n) is 6.42. The fourth-order valence-electron chi connectivity index (χ4n) is 3.56. The topological polar surface area (TPSA) is 93.0 Å².